The summed E-state index contributed by atoms with van der Waals surface area (Å²) in [7, 11) is 1.58. The SMILES string of the molecule is COc1cccc(OCCC(=O)N2CCN(C(=O)CCC(=O)NN)CC2)c1. The molecule has 3 amide bonds. The number of ether oxygens (including phenoxy) is 2. The Hall–Kier alpha value is -2.81. The van der Waals surface area contributed by atoms with E-state index in [0.29, 0.717) is 37.7 Å². The Morgan fingerprint density at radius 3 is 2.19 bits per heavy atom. The van der Waals surface area contributed by atoms with Crippen LogP contribution in [0.2, 0.25) is 0 Å². The van der Waals surface area contributed by atoms with Crippen molar-refractivity contribution >= 4 is 17.7 Å². The maximum absolute atomic E-state index is 12.3. The van der Waals surface area contributed by atoms with Crippen LogP contribution in [-0.4, -0.2) is 67.4 Å². The third kappa shape index (κ3) is 6.45. The van der Waals surface area contributed by atoms with Crippen LogP contribution in [0.5, 0.6) is 11.5 Å². The Bertz CT molecular complexity index is 659. The molecule has 0 aromatic heterocycles. The third-order valence-corrected chi connectivity index (χ3v) is 4.34. The second-order valence-electron chi connectivity index (χ2n) is 6.11. The summed E-state index contributed by atoms with van der Waals surface area (Å²) in [5.41, 5.74) is 2.00. The van der Waals surface area contributed by atoms with Crippen molar-refractivity contribution in [3.05, 3.63) is 24.3 Å². The predicted octanol–water partition coefficient (Wildman–Crippen LogP) is -0.0950. The van der Waals surface area contributed by atoms with Gasteiger partial charge in [0.25, 0.3) is 0 Å². The summed E-state index contributed by atoms with van der Waals surface area (Å²) < 4.78 is 10.7. The lowest BCUT2D eigenvalue weighted by Gasteiger charge is -2.34. The van der Waals surface area contributed by atoms with Gasteiger partial charge in [-0.25, -0.2) is 5.84 Å². The molecule has 0 aliphatic carbocycles. The van der Waals surface area contributed by atoms with Crippen molar-refractivity contribution in [1.29, 1.82) is 0 Å². The smallest absolute Gasteiger partial charge is 0.234 e. The van der Waals surface area contributed by atoms with E-state index in [4.69, 9.17) is 15.3 Å². The van der Waals surface area contributed by atoms with Crippen molar-refractivity contribution in [3.8, 4) is 11.5 Å². The van der Waals surface area contributed by atoms with Gasteiger partial charge in [0.2, 0.25) is 17.7 Å². The Balaban J connectivity index is 1.68. The molecule has 0 saturated carbocycles. The van der Waals surface area contributed by atoms with Crippen LogP contribution in [0.15, 0.2) is 24.3 Å². The van der Waals surface area contributed by atoms with Crippen LogP contribution in [0.4, 0.5) is 0 Å². The number of hydrazine groups is 1. The van der Waals surface area contributed by atoms with Crippen LogP contribution >= 0.6 is 0 Å². The van der Waals surface area contributed by atoms with Gasteiger partial charge < -0.3 is 19.3 Å². The minimum atomic E-state index is -0.367. The van der Waals surface area contributed by atoms with Crippen LogP contribution < -0.4 is 20.7 Å². The molecule has 0 radical (unpaired) electrons. The monoisotopic (exact) mass is 378 g/mol. The molecule has 9 nitrogen and oxygen atoms in total. The standard InChI is InChI=1S/C18H26N4O5/c1-26-14-3-2-4-15(13-14)27-12-7-18(25)22-10-8-21(9-11-22)17(24)6-5-16(23)20-19/h2-4,13H,5-12,19H2,1H3,(H,20,23). The van der Waals surface area contributed by atoms with Gasteiger partial charge in [-0.2, -0.15) is 0 Å². The highest BCUT2D eigenvalue weighted by atomic mass is 16.5. The Morgan fingerprint density at radius 2 is 1.59 bits per heavy atom. The molecule has 1 fully saturated rings. The van der Waals surface area contributed by atoms with Crippen molar-refractivity contribution in [2.75, 3.05) is 39.9 Å². The molecule has 3 N–H and O–H groups in total. The zero-order chi connectivity index (χ0) is 19.6. The number of carbonyl (C=O) groups excluding carboxylic acids is 3. The van der Waals surface area contributed by atoms with Crippen LogP contribution in [-0.2, 0) is 14.4 Å². The van der Waals surface area contributed by atoms with E-state index in [0.717, 1.165) is 0 Å². The normalized spacial score (nSPS) is 13.9. The predicted molar refractivity (Wildman–Crippen MR) is 97.8 cm³/mol. The average molecular weight is 378 g/mol. The lowest BCUT2D eigenvalue weighted by molar-refractivity contribution is -0.140. The maximum atomic E-state index is 12.3. The summed E-state index contributed by atoms with van der Waals surface area (Å²) in [5, 5.41) is 0. The van der Waals surface area contributed by atoms with Crippen LogP contribution in [0.1, 0.15) is 19.3 Å². The number of amides is 3. The fraction of sp³-hybridized carbons (Fsp3) is 0.500. The summed E-state index contributed by atoms with van der Waals surface area (Å²) in [6, 6.07) is 7.21. The first kappa shape index (κ1) is 20.5. The molecule has 27 heavy (non-hydrogen) atoms. The van der Waals surface area contributed by atoms with Gasteiger partial charge in [0.1, 0.15) is 11.5 Å². The molecular weight excluding hydrogens is 352 g/mol. The molecule has 0 spiro atoms. The molecule has 2 rings (SSSR count). The van der Waals surface area contributed by atoms with Crippen LogP contribution in [0.3, 0.4) is 0 Å². The van der Waals surface area contributed by atoms with Gasteiger partial charge in [-0.1, -0.05) is 6.07 Å². The number of benzene rings is 1. The van der Waals surface area contributed by atoms with E-state index in [1.807, 2.05) is 23.6 Å². The van der Waals surface area contributed by atoms with E-state index in [-0.39, 0.29) is 43.6 Å². The largest absolute Gasteiger partial charge is 0.497 e. The van der Waals surface area contributed by atoms with Crippen molar-refractivity contribution in [1.82, 2.24) is 15.2 Å². The molecule has 9 heteroatoms. The molecule has 1 aromatic rings. The summed E-state index contributed by atoms with van der Waals surface area (Å²) in [5.74, 6) is 5.87. The minimum Gasteiger partial charge on any atom is -0.497 e. The summed E-state index contributed by atoms with van der Waals surface area (Å²) in [6.07, 6.45) is 0.448. The topological polar surface area (TPSA) is 114 Å². The Labute approximate surface area is 158 Å². The van der Waals surface area contributed by atoms with E-state index in [1.165, 1.54) is 0 Å². The van der Waals surface area contributed by atoms with Gasteiger partial charge in [0.15, 0.2) is 0 Å². The van der Waals surface area contributed by atoms with E-state index in [1.54, 1.807) is 23.0 Å². The Morgan fingerprint density at radius 1 is 1.00 bits per heavy atom. The molecule has 1 aliphatic heterocycles. The van der Waals surface area contributed by atoms with Crippen LogP contribution in [0.25, 0.3) is 0 Å². The quantitative estimate of drug-likeness (QED) is 0.371. The van der Waals surface area contributed by atoms with Crippen LogP contribution in [0, 0.1) is 0 Å². The maximum Gasteiger partial charge on any atom is 0.234 e. The van der Waals surface area contributed by atoms with Gasteiger partial charge in [-0.05, 0) is 12.1 Å². The Kier molecular flexibility index (Phi) is 7.87. The van der Waals surface area contributed by atoms with Crippen molar-refractivity contribution < 1.29 is 23.9 Å². The first-order chi connectivity index (χ1) is 13.0. The van der Waals surface area contributed by atoms with Gasteiger partial charge in [0.05, 0.1) is 20.1 Å². The minimum absolute atomic E-state index is 0.00694. The first-order valence-electron chi connectivity index (χ1n) is 8.85. The first-order valence-corrected chi connectivity index (χ1v) is 8.85. The molecule has 1 aliphatic rings. The third-order valence-electron chi connectivity index (χ3n) is 4.34. The summed E-state index contributed by atoms with van der Waals surface area (Å²) in [4.78, 5) is 38.8. The number of hydrogen-bond donors (Lipinski definition) is 2. The second kappa shape index (κ2) is 10.4. The summed E-state index contributed by atoms with van der Waals surface area (Å²) >= 11 is 0. The molecular formula is C18H26N4O5. The van der Waals surface area contributed by atoms with Gasteiger partial charge in [-0.3, -0.25) is 19.8 Å². The molecule has 1 heterocycles. The van der Waals surface area contributed by atoms with Gasteiger partial charge in [0, 0.05) is 45.1 Å². The van der Waals surface area contributed by atoms with Crippen molar-refractivity contribution in [3.63, 3.8) is 0 Å². The van der Waals surface area contributed by atoms with E-state index < -0.39 is 0 Å². The highest BCUT2D eigenvalue weighted by molar-refractivity contribution is 5.83. The zero-order valence-corrected chi connectivity index (χ0v) is 15.5. The number of nitrogens with zero attached hydrogens (tertiary/aromatic N) is 2. The number of carbonyl (C=O) groups is 3. The fourth-order valence-corrected chi connectivity index (χ4v) is 2.76. The number of nitrogens with one attached hydrogen (secondary N) is 1. The molecule has 0 unspecified atom stereocenters. The lowest BCUT2D eigenvalue weighted by Crippen LogP contribution is -2.50. The number of piperazine rings is 1. The van der Waals surface area contributed by atoms with E-state index in [2.05, 4.69) is 0 Å². The molecule has 1 saturated heterocycles. The van der Waals surface area contributed by atoms with Crippen molar-refractivity contribution in [2.45, 2.75) is 19.3 Å². The lowest BCUT2D eigenvalue weighted by atomic mass is 10.2. The number of nitrogens with two attached hydrogens (primary N) is 1. The van der Waals surface area contributed by atoms with E-state index in [9.17, 15) is 14.4 Å². The van der Waals surface area contributed by atoms with E-state index >= 15 is 0 Å². The second-order valence-corrected chi connectivity index (χ2v) is 6.11. The highest BCUT2D eigenvalue weighted by Gasteiger charge is 2.24. The highest BCUT2D eigenvalue weighted by Crippen LogP contribution is 2.19. The van der Waals surface area contributed by atoms with Gasteiger partial charge >= 0.3 is 0 Å². The molecule has 0 atom stereocenters. The number of rotatable bonds is 8. The van der Waals surface area contributed by atoms with Gasteiger partial charge in [-0.15, -0.1) is 0 Å². The molecule has 148 valence electrons. The molecule has 1 aromatic carbocycles. The number of methoxy groups -OCH3 is 1. The average Bonchev–Trinajstić information content (AvgIpc) is 2.71. The number of hydrogen-bond acceptors (Lipinski definition) is 6. The zero-order valence-electron chi connectivity index (χ0n) is 15.5. The van der Waals surface area contributed by atoms with Crippen molar-refractivity contribution in [2.24, 2.45) is 5.84 Å². The summed E-state index contributed by atoms with van der Waals surface area (Å²) in [6.45, 7) is 2.16. The molecule has 0 bridgehead atoms. The fourth-order valence-electron chi connectivity index (χ4n) is 2.76.